The first kappa shape index (κ1) is 30.1. The van der Waals surface area contributed by atoms with Crippen molar-refractivity contribution in [1.29, 1.82) is 0 Å². The molecule has 0 saturated carbocycles. The average molecular weight is 580 g/mol. The molecule has 42 heavy (non-hydrogen) atoms. The van der Waals surface area contributed by atoms with E-state index in [2.05, 4.69) is 22.0 Å². The van der Waals surface area contributed by atoms with Crippen molar-refractivity contribution < 1.29 is 19.1 Å². The summed E-state index contributed by atoms with van der Waals surface area (Å²) in [6, 6.07) is 29.0. The number of carbonyl (C=O) groups is 3. The van der Waals surface area contributed by atoms with Crippen LogP contribution in [0.25, 0.3) is 6.08 Å². The fraction of sp³-hybridized carbons (Fsp3) is 0.147. The number of hydrogen-bond donors (Lipinski definition) is 3. The van der Waals surface area contributed by atoms with Crippen LogP contribution in [0.5, 0.6) is 5.75 Å². The van der Waals surface area contributed by atoms with Crippen LogP contribution >= 0.6 is 11.8 Å². The lowest BCUT2D eigenvalue weighted by molar-refractivity contribution is -0.115. The lowest BCUT2D eigenvalue weighted by Gasteiger charge is -2.14. The van der Waals surface area contributed by atoms with Gasteiger partial charge in [-0.1, -0.05) is 36.4 Å². The summed E-state index contributed by atoms with van der Waals surface area (Å²) >= 11 is 1.42. The maximum atomic E-state index is 13.3. The summed E-state index contributed by atoms with van der Waals surface area (Å²) in [5, 5.41) is 8.24. The highest BCUT2D eigenvalue weighted by Crippen LogP contribution is 2.26. The van der Waals surface area contributed by atoms with E-state index >= 15 is 0 Å². The molecule has 4 rings (SSSR count). The summed E-state index contributed by atoms with van der Waals surface area (Å²) in [5.74, 6) is -0.284. The second-order valence-corrected chi connectivity index (χ2v) is 11.2. The minimum Gasteiger partial charge on any atom is -0.497 e. The van der Waals surface area contributed by atoms with Crippen molar-refractivity contribution in [2.24, 2.45) is 0 Å². The number of nitrogens with one attached hydrogen (secondary N) is 3. The number of rotatable bonds is 10. The molecule has 0 fully saturated rings. The van der Waals surface area contributed by atoms with Crippen LogP contribution in [-0.2, 0) is 9.59 Å². The minimum atomic E-state index is -0.475. The van der Waals surface area contributed by atoms with Crippen molar-refractivity contribution in [3.8, 4) is 5.75 Å². The van der Waals surface area contributed by atoms with Crippen LogP contribution < -0.4 is 20.7 Å². The van der Waals surface area contributed by atoms with Crippen LogP contribution in [0.3, 0.4) is 0 Å². The van der Waals surface area contributed by atoms with Crippen LogP contribution in [0.2, 0.25) is 0 Å². The highest BCUT2D eigenvalue weighted by molar-refractivity contribution is 8.00. The van der Waals surface area contributed by atoms with Gasteiger partial charge >= 0.3 is 0 Å². The fourth-order valence-electron chi connectivity index (χ4n) is 4.17. The average Bonchev–Trinajstić information content (AvgIpc) is 2.98. The molecule has 214 valence electrons. The van der Waals surface area contributed by atoms with Gasteiger partial charge in [0.05, 0.1) is 12.4 Å². The molecule has 3 N–H and O–H groups in total. The number of carbonyl (C=O) groups excluding carboxylic acids is 3. The van der Waals surface area contributed by atoms with Gasteiger partial charge in [0.25, 0.3) is 11.8 Å². The SMILES string of the molecule is COc1ccc(/C=C(\NC(=O)c2ccccc2)C(=O)Nc2ccc(SC(C)C(=O)Nc3cc(C)cc(C)c3)cc2)cc1. The first-order chi connectivity index (χ1) is 20.2. The number of amides is 3. The van der Waals surface area contributed by atoms with Gasteiger partial charge in [-0.05, 0) is 104 Å². The molecule has 0 aliphatic rings. The molecule has 0 aliphatic carbocycles. The van der Waals surface area contributed by atoms with E-state index in [9.17, 15) is 14.4 Å². The summed E-state index contributed by atoms with van der Waals surface area (Å²) in [5.41, 5.74) is 4.74. The minimum absolute atomic E-state index is 0.0872. The predicted molar refractivity (Wildman–Crippen MR) is 170 cm³/mol. The summed E-state index contributed by atoms with van der Waals surface area (Å²) < 4.78 is 5.21. The standard InChI is InChI=1S/C34H33N3O4S/c1-22-18-23(2)20-28(19-22)36-32(38)24(3)42-30-16-12-27(13-17-30)35-34(40)31(21-25-10-14-29(41-4)15-11-25)37-33(39)26-8-6-5-7-9-26/h5-21,24H,1-4H3,(H,35,40)(H,36,38)(H,37,39)/b31-21-. The lowest BCUT2D eigenvalue weighted by atomic mass is 10.1. The zero-order chi connectivity index (χ0) is 30.1. The zero-order valence-electron chi connectivity index (χ0n) is 23.9. The van der Waals surface area contributed by atoms with Crippen molar-refractivity contribution in [2.75, 3.05) is 17.7 Å². The highest BCUT2D eigenvalue weighted by Gasteiger charge is 2.17. The molecule has 0 aliphatic heterocycles. The molecular weight excluding hydrogens is 546 g/mol. The third kappa shape index (κ3) is 8.59. The Morgan fingerprint density at radius 2 is 1.43 bits per heavy atom. The van der Waals surface area contributed by atoms with Crippen molar-refractivity contribution in [1.82, 2.24) is 5.32 Å². The first-order valence-electron chi connectivity index (χ1n) is 13.4. The van der Waals surface area contributed by atoms with E-state index in [4.69, 9.17) is 4.74 Å². The van der Waals surface area contributed by atoms with E-state index in [0.717, 1.165) is 21.7 Å². The number of anilines is 2. The zero-order valence-corrected chi connectivity index (χ0v) is 24.8. The van der Waals surface area contributed by atoms with Crippen molar-refractivity contribution >= 4 is 46.9 Å². The Balaban J connectivity index is 1.43. The van der Waals surface area contributed by atoms with E-state index in [-0.39, 0.29) is 16.9 Å². The van der Waals surface area contributed by atoms with Gasteiger partial charge in [0.1, 0.15) is 11.4 Å². The summed E-state index contributed by atoms with van der Waals surface area (Å²) in [6.45, 7) is 5.84. The van der Waals surface area contributed by atoms with Crippen molar-refractivity contribution in [2.45, 2.75) is 30.9 Å². The van der Waals surface area contributed by atoms with E-state index in [1.165, 1.54) is 11.8 Å². The maximum Gasteiger partial charge on any atom is 0.272 e. The Morgan fingerprint density at radius 3 is 2.05 bits per heavy atom. The van der Waals surface area contributed by atoms with Crippen LogP contribution in [-0.4, -0.2) is 30.1 Å². The molecule has 4 aromatic carbocycles. The summed E-state index contributed by atoms with van der Waals surface area (Å²) in [4.78, 5) is 39.8. The lowest BCUT2D eigenvalue weighted by Crippen LogP contribution is -2.30. The Morgan fingerprint density at radius 1 is 0.786 bits per heavy atom. The highest BCUT2D eigenvalue weighted by atomic mass is 32.2. The van der Waals surface area contributed by atoms with Crippen LogP contribution in [0.4, 0.5) is 11.4 Å². The number of ether oxygens (including phenoxy) is 1. The van der Waals surface area contributed by atoms with Gasteiger partial charge < -0.3 is 20.7 Å². The summed E-state index contributed by atoms with van der Waals surface area (Å²) in [7, 11) is 1.58. The van der Waals surface area contributed by atoms with Gasteiger partial charge in [0, 0.05) is 21.8 Å². The molecule has 1 atom stereocenters. The Labute approximate surface area is 250 Å². The van der Waals surface area contributed by atoms with Gasteiger partial charge in [0.15, 0.2) is 0 Å². The quantitative estimate of drug-likeness (QED) is 0.141. The molecule has 0 heterocycles. The topological polar surface area (TPSA) is 96.5 Å². The molecule has 7 nitrogen and oxygen atoms in total. The summed E-state index contributed by atoms with van der Waals surface area (Å²) in [6.07, 6.45) is 1.61. The smallest absolute Gasteiger partial charge is 0.272 e. The van der Waals surface area contributed by atoms with E-state index in [1.54, 1.807) is 73.8 Å². The molecule has 1 unspecified atom stereocenters. The fourth-order valence-corrected chi connectivity index (χ4v) is 5.04. The molecule has 4 aromatic rings. The largest absolute Gasteiger partial charge is 0.497 e. The van der Waals surface area contributed by atoms with E-state index in [0.29, 0.717) is 22.6 Å². The molecule has 3 amide bonds. The second-order valence-electron chi connectivity index (χ2n) is 9.76. The molecule has 0 bridgehead atoms. The van der Waals surface area contributed by atoms with Gasteiger partial charge in [-0.3, -0.25) is 14.4 Å². The molecule has 8 heteroatoms. The third-order valence-corrected chi connectivity index (χ3v) is 7.35. The predicted octanol–water partition coefficient (Wildman–Crippen LogP) is 6.84. The number of aryl methyl sites for hydroxylation is 2. The van der Waals surface area contributed by atoms with Gasteiger partial charge in [-0.15, -0.1) is 11.8 Å². The Kier molecular flexibility index (Phi) is 10.2. The monoisotopic (exact) mass is 579 g/mol. The van der Waals surface area contributed by atoms with Gasteiger partial charge in [0.2, 0.25) is 5.91 Å². The van der Waals surface area contributed by atoms with Crippen LogP contribution in [0, 0.1) is 13.8 Å². The number of methoxy groups -OCH3 is 1. The Bertz CT molecular complexity index is 1560. The molecule has 0 saturated heterocycles. The van der Waals surface area contributed by atoms with Crippen LogP contribution in [0.15, 0.2) is 108 Å². The van der Waals surface area contributed by atoms with E-state index in [1.807, 2.05) is 51.1 Å². The number of benzene rings is 4. The van der Waals surface area contributed by atoms with Crippen molar-refractivity contribution in [3.63, 3.8) is 0 Å². The van der Waals surface area contributed by atoms with Gasteiger partial charge in [-0.2, -0.15) is 0 Å². The second kappa shape index (κ2) is 14.2. The normalized spacial score (nSPS) is 11.8. The first-order valence-corrected chi connectivity index (χ1v) is 14.3. The molecule has 0 spiro atoms. The molecular formula is C34H33N3O4S. The Hall–Kier alpha value is -4.82. The van der Waals surface area contributed by atoms with Crippen LogP contribution in [0.1, 0.15) is 34.0 Å². The van der Waals surface area contributed by atoms with E-state index < -0.39 is 11.8 Å². The van der Waals surface area contributed by atoms with Crippen molar-refractivity contribution in [3.05, 3.63) is 125 Å². The third-order valence-electron chi connectivity index (χ3n) is 6.24. The number of hydrogen-bond acceptors (Lipinski definition) is 5. The molecule has 0 radical (unpaired) electrons. The molecule has 0 aromatic heterocycles. The maximum absolute atomic E-state index is 13.3. The van der Waals surface area contributed by atoms with Gasteiger partial charge in [-0.25, -0.2) is 0 Å². The number of thioether (sulfide) groups is 1.